The van der Waals surface area contributed by atoms with Crippen molar-refractivity contribution in [3.63, 3.8) is 0 Å². The fourth-order valence-corrected chi connectivity index (χ4v) is 5.29. The topological polar surface area (TPSA) is 0 Å². The molecular formula is C30H26. The van der Waals surface area contributed by atoms with Gasteiger partial charge >= 0.3 is 0 Å². The third-order valence-corrected chi connectivity index (χ3v) is 6.41. The molecule has 0 heteroatoms. The van der Waals surface area contributed by atoms with E-state index >= 15 is 0 Å². The van der Waals surface area contributed by atoms with E-state index in [4.69, 9.17) is 0 Å². The van der Waals surface area contributed by atoms with Crippen LogP contribution in [0.5, 0.6) is 0 Å². The lowest BCUT2D eigenvalue weighted by Gasteiger charge is -2.30. The van der Waals surface area contributed by atoms with Gasteiger partial charge in [-0.1, -0.05) is 109 Å². The minimum absolute atomic E-state index is 0.293. The normalized spacial score (nSPS) is 14.3. The summed E-state index contributed by atoms with van der Waals surface area (Å²) < 4.78 is 0. The Kier molecular flexibility index (Phi) is 4.44. The van der Waals surface area contributed by atoms with Gasteiger partial charge in [-0.25, -0.2) is 0 Å². The summed E-state index contributed by atoms with van der Waals surface area (Å²) in [5.41, 5.74) is 11.7. The van der Waals surface area contributed by atoms with Gasteiger partial charge in [0.1, 0.15) is 0 Å². The average Bonchev–Trinajstić information content (AvgIpc) is 3.11. The lowest BCUT2D eigenvalue weighted by molar-refractivity contribution is 0.794. The van der Waals surface area contributed by atoms with Crippen LogP contribution in [-0.4, -0.2) is 0 Å². The zero-order valence-electron chi connectivity index (χ0n) is 17.8. The highest BCUT2D eigenvalue weighted by atomic mass is 14.4. The van der Waals surface area contributed by atoms with Crippen molar-refractivity contribution in [3.8, 4) is 0 Å². The number of fused-ring (bicyclic) bond motifs is 1. The third-order valence-electron chi connectivity index (χ3n) is 6.41. The predicted molar refractivity (Wildman–Crippen MR) is 127 cm³/mol. The summed E-state index contributed by atoms with van der Waals surface area (Å²) in [6.45, 7) is 6.66. The molecule has 0 saturated carbocycles. The second-order valence-corrected chi connectivity index (χ2v) is 8.42. The van der Waals surface area contributed by atoms with E-state index in [0.717, 1.165) is 0 Å². The van der Waals surface area contributed by atoms with Crippen LogP contribution in [0.4, 0.5) is 0 Å². The maximum Gasteiger partial charge on any atom is 0.0647 e. The molecular weight excluding hydrogens is 360 g/mol. The smallest absolute Gasteiger partial charge is 0.0622 e. The van der Waals surface area contributed by atoms with E-state index < -0.39 is 0 Å². The first-order valence-electron chi connectivity index (χ1n) is 10.6. The summed E-state index contributed by atoms with van der Waals surface area (Å²) in [5.74, 6) is 0. The molecule has 4 aromatic rings. The molecule has 0 bridgehead atoms. The van der Waals surface area contributed by atoms with Crippen LogP contribution in [0.25, 0.3) is 5.57 Å². The van der Waals surface area contributed by atoms with Gasteiger partial charge in [0.15, 0.2) is 0 Å². The first-order valence-corrected chi connectivity index (χ1v) is 10.6. The number of benzene rings is 4. The fourth-order valence-electron chi connectivity index (χ4n) is 5.29. The molecule has 0 amide bonds. The molecule has 5 rings (SSSR count). The Labute approximate surface area is 179 Å². The SMILES string of the molecule is Cc1cc(C)c(C2=CC(c3ccccc3)(c3ccccc3)c3ccccc32)c(C)c1. The molecule has 0 unspecified atom stereocenters. The molecule has 0 N–H and O–H groups in total. The zero-order chi connectivity index (χ0) is 20.7. The van der Waals surface area contributed by atoms with Crippen LogP contribution in [0.2, 0.25) is 0 Å². The maximum absolute atomic E-state index is 2.51. The van der Waals surface area contributed by atoms with Gasteiger partial charge in [-0.05, 0) is 65.3 Å². The molecule has 0 nitrogen and oxygen atoms in total. The number of hydrogen-bond donors (Lipinski definition) is 0. The van der Waals surface area contributed by atoms with Gasteiger partial charge in [0, 0.05) is 0 Å². The van der Waals surface area contributed by atoms with Gasteiger partial charge < -0.3 is 0 Å². The average molecular weight is 387 g/mol. The Hall–Kier alpha value is -3.38. The van der Waals surface area contributed by atoms with Crippen molar-refractivity contribution < 1.29 is 0 Å². The van der Waals surface area contributed by atoms with Crippen LogP contribution in [0.3, 0.4) is 0 Å². The van der Waals surface area contributed by atoms with Crippen molar-refractivity contribution in [1.82, 2.24) is 0 Å². The molecule has 0 saturated heterocycles. The lowest BCUT2D eigenvalue weighted by Crippen LogP contribution is -2.25. The summed E-state index contributed by atoms with van der Waals surface area (Å²) in [6.07, 6.45) is 2.51. The van der Waals surface area contributed by atoms with Gasteiger partial charge in [-0.3, -0.25) is 0 Å². The molecule has 0 heterocycles. The monoisotopic (exact) mass is 386 g/mol. The molecule has 4 aromatic carbocycles. The minimum atomic E-state index is -0.293. The van der Waals surface area contributed by atoms with Crippen molar-refractivity contribution in [2.45, 2.75) is 26.2 Å². The summed E-state index contributed by atoms with van der Waals surface area (Å²) in [7, 11) is 0. The molecule has 0 atom stereocenters. The van der Waals surface area contributed by atoms with E-state index in [1.54, 1.807) is 0 Å². The summed E-state index contributed by atoms with van der Waals surface area (Å²) in [4.78, 5) is 0. The second-order valence-electron chi connectivity index (χ2n) is 8.42. The Balaban J connectivity index is 1.89. The first kappa shape index (κ1) is 18.6. The number of aryl methyl sites for hydroxylation is 3. The summed E-state index contributed by atoms with van der Waals surface area (Å²) in [6, 6.07) is 35.4. The van der Waals surface area contributed by atoms with E-state index in [0.29, 0.717) is 0 Å². The fraction of sp³-hybridized carbons (Fsp3) is 0.133. The van der Waals surface area contributed by atoms with Crippen LogP contribution in [0.15, 0.2) is 103 Å². The van der Waals surface area contributed by atoms with Gasteiger partial charge in [0.25, 0.3) is 0 Å². The molecule has 0 aromatic heterocycles. The molecule has 146 valence electrons. The van der Waals surface area contributed by atoms with E-state index in [1.165, 1.54) is 50.1 Å². The molecule has 0 aliphatic heterocycles. The predicted octanol–water partition coefficient (Wildman–Crippen LogP) is 7.39. The Morgan fingerprint density at radius 2 is 1.07 bits per heavy atom. The molecule has 30 heavy (non-hydrogen) atoms. The van der Waals surface area contributed by atoms with E-state index in [9.17, 15) is 0 Å². The zero-order valence-corrected chi connectivity index (χ0v) is 17.8. The highest BCUT2D eigenvalue weighted by Crippen LogP contribution is 2.51. The van der Waals surface area contributed by atoms with E-state index in [1.807, 2.05) is 0 Å². The molecule has 1 aliphatic rings. The quantitative estimate of drug-likeness (QED) is 0.344. The number of hydrogen-bond acceptors (Lipinski definition) is 0. The standard InChI is InChI=1S/C30H26/c1-21-18-22(2)29(23(3)19-21)27-20-30(24-12-6-4-7-13-24,25-14-8-5-9-15-25)28-17-11-10-16-26(27)28/h4-20H,1-3H3. The van der Waals surface area contributed by atoms with Crippen LogP contribution in [-0.2, 0) is 5.41 Å². The molecule has 1 aliphatic carbocycles. The summed E-state index contributed by atoms with van der Waals surface area (Å²) in [5, 5.41) is 0. The molecule has 0 spiro atoms. The van der Waals surface area contributed by atoms with Gasteiger partial charge in [0.05, 0.1) is 5.41 Å². The summed E-state index contributed by atoms with van der Waals surface area (Å²) >= 11 is 0. The van der Waals surface area contributed by atoms with Crippen molar-refractivity contribution in [1.29, 1.82) is 0 Å². The lowest BCUT2D eigenvalue weighted by atomic mass is 9.71. The highest BCUT2D eigenvalue weighted by molar-refractivity contribution is 5.92. The Morgan fingerprint density at radius 3 is 1.63 bits per heavy atom. The molecule has 0 radical (unpaired) electrons. The van der Waals surface area contributed by atoms with Gasteiger partial charge in [0.2, 0.25) is 0 Å². The minimum Gasteiger partial charge on any atom is -0.0622 e. The van der Waals surface area contributed by atoms with E-state index in [2.05, 4.69) is 124 Å². The van der Waals surface area contributed by atoms with Crippen molar-refractivity contribution in [2.24, 2.45) is 0 Å². The second kappa shape index (κ2) is 7.15. The number of allylic oxidation sites excluding steroid dienone is 1. The highest BCUT2D eigenvalue weighted by Gasteiger charge is 2.41. The van der Waals surface area contributed by atoms with Gasteiger partial charge in [-0.15, -0.1) is 0 Å². The Morgan fingerprint density at radius 1 is 0.567 bits per heavy atom. The van der Waals surface area contributed by atoms with Crippen molar-refractivity contribution in [3.05, 3.63) is 148 Å². The number of rotatable bonds is 3. The molecule has 0 fully saturated rings. The van der Waals surface area contributed by atoms with Crippen molar-refractivity contribution >= 4 is 5.57 Å². The van der Waals surface area contributed by atoms with Crippen LogP contribution < -0.4 is 0 Å². The third kappa shape index (κ3) is 2.75. The Bertz CT molecular complexity index is 1180. The van der Waals surface area contributed by atoms with E-state index in [-0.39, 0.29) is 5.41 Å². The maximum atomic E-state index is 2.51. The van der Waals surface area contributed by atoms with Gasteiger partial charge in [-0.2, -0.15) is 0 Å². The van der Waals surface area contributed by atoms with Crippen LogP contribution in [0.1, 0.15) is 44.5 Å². The first-order chi connectivity index (χ1) is 14.6. The van der Waals surface area contributed by atoms with Crippen LogP contribution in [0, 0.1) is 20.8 Å². The largest absolute Gasteiger partial charge is 0.0647 e. The van der Waals surface area contributed by atoms with Crippen LogP contribution >= 0.6 is 0 Å². The van der Waals surface area contributed by atoms with Crippen molar-refractivity contribution in [2.75, 3.05) is 0 Å².